The van der Waals surface area contributed by atoms with Gasteiger partial charge in [-0.3, -0.25) is 14.4 Å². The van der Waals surface area contributed by atoms with Crippen molar-refractivity contribution in [3.8, 4) is 11.5 Å². The number of benzene rings is 2. The van der Waals surface area contributed by atoms with Crippen LogP contribution < -0.4 is 20.5 Å². The second-order valence-corrected chi connectivity index (χ2v) is 7.73. The van der Waals surface area contributed by atoms with Crippen molar-refractivity contribution in [1.82, 2.24) is 9.88 Å². The number of anilines is 1. The largest absolute Gasteiger partial charge is 0.457 e. The van der Waals surface area contributed by atoms with Crippen molar-refractivity contribution in [3.05, 3.63) is 88.8 Å². The van der Waals surface area contributed by atoms with Crippen molar-refractivity contribution in [2.75, 3.05) is 25.2 Å². The number of nitrogens with one attached hydrogen (secondary N) is 1. The standard InChI is InChI=1S/C25H25N3O5/c1-32-14-13-27-16-18(7-12-23(27)29)25(31)26-19-15-24(30)28(17-19)20-8-10-22(11-9-20)33-21-5-3-2-4-6-21/h2-12,16,19H,13-15,17H2,1H3,(H,26,31). The van der Waals surface area contributed by atoms with Crippen LogP contribution >= 0.6 is 0 Å². The molecule has 1 aromatic heterocycles. The molecule has 1 N–H and O–H groups in total. The summed E-state index contributed by atoms with van der Waals surface area (Å²) >= 11 is 0. The number of hydrogen-bond acceptors (Lipinski definition) is 5. The highest BCUT2D eigenvalue weighted by Crippen LogP contribution is 2.27. The number of carbonyl (C=O) groups excluding carboxylic acids is 2. The molecule has 1 atom stereocenters. The number of aromatic nitrogens is 1. The molecule has 2 aromatic carbocycles. The van der Waals surface area contributed by atoms with Crippen LogP contribution in [0.15, 0.2) is 77.7 Å². The minimum absolute atomic E-state index is 0.0675. The molecule has 8 heteroatoms. The van der Waals surface area contributed by atoms with Gasteiger partial charge in [0.15, 0.2) is 0 Å². The van der Waals surface area contributed by atoms with Crippen LogP contribution in [0.4, 0.5) is 5.69 Å². The Morgan fingerprint density at radius 1 is 1.00 bits per heavy atom. The lowest BCUT2D eigenvalue weighted by atomic mass is 10.2. The summed E-state index contributed by atoms with van der Waals surface area (Å²) in [5.41, 5.74) is 0.898. The third kappa shape index (κ3) is 5.48. The van der Waals surface area contributed by atoms with Crippen molar-refractivity contribution in [2.45, 2.75) is 19.0 Å². The Hall–Kier alpha value is -3.91. The number of rotatable bonds is 8. The first-order valence-corrected chi connectivity index (χ1v) is 10.7. The SMILES string of the molecule is COCCn1cc(C(=O)NC2CC(=O)N(c3ccc(Oc4ccccc4)cc3)C2)ccc1=O. The van der Waals surface area contributed by atoms with Gasteiger partial charge in [0.2, 0.25) is 5.91 Å². The summed E-state index contributed by atoms with van der Waals surface area (Å²) in [6.07, 6.45) is 1.72. The number of amides is 2. The molecule has 170 valence electrons. The molecule has 1 aliphatic heterocycles. The highest BCUT2D eigenvalue weighted by molar-refractivity contribution is 5.98. The number of hydrogen-bond donors (Lipinski definition) is 1. The summed E-state index contributed by atoms with van der Waals surface area (Å²) in [6.45, 7) is 1.09. The van der Waals surface area contributed by atoms with E-state index in [2.05, 4.69) is 5.32 Å². The van der Waals surface area contributed by atoms with Gasteiger partial charge in [0, 0.05) is 44.6 Å². The average molecular weight is 447 g/mol. The Bertz CT molecular complexity index is 1170. The Morgan fingerprint density at radius 2 is 1.73 bits per heavy atom. The molecule has 0 aliphatic carbocycles. The van der Waals surface area contributed by atoms with Gasteiger partial charge in [-0.1, -0.05) is 18.2 Å². The number of pyridine rings is 1. The molecular formula is C25H25N3O5. The van der Waals surface area contributed by atoms with Crippen LogP contribution in [0, 0.1) is 0 Å². The quantitative estimate of drug-likeness (QED) is 0.574. The summed E-state index contributed by atoms with van der Waals surface area (Å²) in [7, 11) is 1.55. The Balaban J connectivity index is 1.38. The summed E-state index contributed by atoms with van der Waals surface area (Å²) < 4.78 is 12.2. The zero-order chi connectivity index (χ0) is 23.2. The van der Waals surface area contributed by atoms with Gasteiger partial charge in [0.25, 0.3) is 11.5 Å². The van der Waals surface area contributed by atoms with Crippen LogP contribution in [0.2, 0.25) is 0 Å². The third-order valence-electron chi connectivity index (χ3n) is 5.37. The second-order valence-electron chi connectivity index (χ2n) is 7.73. The van der Waals surface area contributed by atoms with Crippen LogP contribution in [0.1, 0.15) is 16.8 Å². The van der Waals surface area contributed by atoms with Crippen molar-refractivity contribution < 1.29 is 19.1 Å². The fourth-order valence-electron chi connectivity index (χ4n) is 3.67. The number of para-hydroxylation sites is 1. The first-order chi connectivity index (χ1) is 16.0. The molecule has 1 saturated heterocycles. The molecule has 1 aliphatic rings. The van der Waals surface area contributed by atoms with Crippen molar-refractivity contribution >= 4 is 17.5 Å². The van der Waals surface area contributed by atoms with Crippen LogP contribution in [-0.2, 0) is 16.1 Å². The van der Waals surface area contributed by atoms with Crippen molar-refractivity contribution in [3.63, 3.8) is 0 Å². The number of ether oxygens (including phenoxy) is 2. The van der Waals surface area contributed by atoms with E-state index in [0.29, 0.717) is 31.0 Å². The molecule has 3 aromatic rings. The van der Waals surface area contributed by atoms with E-state index in [4.69, 9.17) is 9.47 Å². The van der Waals surface area contributed by atoms with E-state index in [1.807, 2.05) is 54.6 Å². The minimum Gasteiger partial charge on any atom is -0.457 e. The van der Waals surface area contributed by atoms with E-state index in [0.717, 1.165) is 11.4 Å². The molecule has 33 heavy (non-hydrogen) atoms. The zero-order valence-electron chi connectivity index (χ0n) is 18.3. The number of carbonyl (C=O) groups is 2. The van der Waals surface area contributed by atoms with E-state index >= 15 is 0 Å². The normalized spacial score (nSPS) is 15.5. The molecule has 2 heterocycles. The van der Waals surface area contributed by atoms with Gasteiger partial charge in [0.1, 0.15) is 11.5 Å². The maximum atomic E-state index is 12.7. The molecule has 4 rings (SSSR count). The molecule has 8 nitrogen and oxygen atoms in total. The number of nitrogens with zero attached hydrogens (tertiary/aromatic N) is 2. The van der Waals surface area contributed by atoms with Gasteiger partial charge in [-0.25, -0.2) is 0 Å². The highest BCUT2D eigenvalue weighted by Gasteiger charge is 2.31. The van der Waals surface area contributed by atoms with Crippen LogP contribution in [0.3, 0.4) is 0 Å². The van der Waals surface area contributed by atoms with Crippen LogP contribution in [0.5, 0.6) is 11.5 Å². The Kier molecular flexibility index (Phi) is 6.85. The topological polar surface area (TPSA) is 89.9 Å². The third-order valence-corrected chi connectivity index (χ3v) is 5.37. The highest BCUT2D eigenvalue weighted by atomic mass is 16.5. The first kappa shape index (κ1) is 22.3. The summed E-state index contributed by atoms with van der Waals surface area (Å²) in [5, 5.41) is 2.90. The molecule has 0 saturated carbocycles. The van der Waals surface area contributed by atoms with Gasteiger partial charge in [-0.2, -0.15) is 0 Å². The smallest absolute Gasteiger partial charge is 0.253 e. The first-order valence-electron chi connectivity index (χ1n) is 10.7. The Morgan fingerprint density at radius 3 is 2.45 bits per heavy atom. The maximum absolute atomic E-state index is 12.7. The molecule has 0 spiro atoms. The molecule has 0 bridgehead atoms. The van der Waals surface area contributed by atoms with Gasteiger partial charge in [-0.15, -0.1) is 0 Å². The predicted molar refractivity (Wildman–Crippen MR) is 124 cm³/mol. The van der Waals surface area contributed by atoms with Gasteiger partial charge >= 0.3 is 0 Å². The fourth-order valence-corrected chi connectivity index (χ4v) is 3.67. The lowest BCUT2D eigenvalue weighted by Gasteiger charge is -2.18. The molecular weight excluding hydrogens is 422 g/mol. The molecule has 1 unspecified atom stereocenters. The van der Waals surface area contributed by atoms with Crippen molar-refractivity contribution in [2.24, 2.45) is 0 Å². The van der Waals surface area contributed by atoms with Gasteiger partial charge < -0.3 is 24.3 Å². The zero-order valence-corrected chi connectivity index (χ0v) is 18.3. The molecule has 2 amide bonds. The van der Waals surface area contributed by atoms with E-state index in [-0.39, 0.29) is 29.8 Å². The maximum Gasteiger partial charge on any atom is 0.253 e. The lowest BCUT2D eigenvalue weighted by Crippen LogP contribution is -2.37. The minimum atomic E-state index is -0.329. The van der Waals surface area contributed by atoms with E-state index in [1.54, 1.807) is 12.0 Å². The predicted octanol–water partition coefficient (Wildman–Crippen LogP) is 2.82. The Labute approximate surface area is 191 Å². The van der Waals surface area contributed by atoms with Crippen LogP contribution in [-0.4, -0.2) is 42.7 Å². The van der Waals surface area contributed by atoms with E-state index < -0.39 is 0 Å². The number of methoxy groups -OCH3 is 1. The lowest BCUT2D eigenvalue weighted by molar-refractivity contribution is -0.117. The monoisotopic (exact) mass is 447 g/mol. The van der Waals surface area contributed by atoms with Crippen LogP contribution in [0.25, 0.3) is 0 Å². The van der Waals surface area contributed by atoms with E-state index in [9.17, 15) is 14.4 Å². The van der Waals surface area contributed by atoms with Gasteiger partial charge in [-0.05, 0) is 42.5 Å². The molecule has 0 radical (unpaired) electrons. The summed E-state index contributed by atoms with van der Waals surface area (Å²) in [6, 6.07) is 19.2. The van der Waals surface area contributed by atoms with Gasteiger partial charge in [0.05, 0.1) is 18.2 Å². The summed E-state index contributed by atoms with van der Waals surface area (Å²) in [5.74, 6) is 1.01. The van der Waals surface area contributed by atoms with Crippen molar-refractivity contribution in [1.29, 1.82) is 0 Å². The second kappa shape index (κ2) is 10.1. The average Bonchev–Trinajstić information content (AvgIpc) is 3.19. The summed E-state index contributed by atoms with van der Waals surface area (Å²) in [4.78, 5) is 38.9. The fraction of sp³-hybridized carbons (Fsp3) is 0.240. The van der Waals surface area contributed by atoms with E-state index in [1.165, 1.54) is 22.9 Å². The molecule has 1 fully saturated rings.